The lowest BCUT2D eigenvalue weighted by Gasteiger charge is -2.30. The molecule has 1 fully saturated rings. The van der Waals surface area contributed by atoms with E-state index < -0.39 is 0 Å². The van der Waals surface area contributed by atoms with Gasteiger partial charge in [0.25, 0.3) is 5.56 Å². The highest BCUT2D eigenvalue weighted by atomic mass is 35.5. The van der Waals surface area contributed by atoms with Gasteiger partial charge in [-0.05, 0) is 61.5 Å². The number of halogens is 1. The van der Waals surface area contributed by atoms with Crippen LogP contribution in [0.25, 0.3) is 10.9 Å². The first-order chi connectivity index (χ1) is 13.5. The van der Waals surface area contributed by atoms with Gasteiger partial charge in [-0.1, -0.05) is 41.4 Å². The third-order valence-corrected chi connectivity index (χ3v) is 5.85. The molecule has 0 amide bonds. The van der Waals surface area contributed by atoms with Gasteiger partial charge >= 0.3 is 0 Å². The number of nitrogens with zero attached hydrogens (tertiary/aromatic N) is 2. The Morgan fingerprint density at radius 1 is 1.11 bits per heavy atom. The van der Waals surface area contributed by atoms with Gasteiger partial charge in [-0.15, -0.1) is 0 Å². The van der Waals surface area contributed by atoms with Gasteiger partial charge in [-0.25, -0.2) is 0 Å². The van der Waals surface area contributed by atoms with Crippen molar-refractivity contribution >= 4 is 22.5 Å². The molecule has 4 nitrogen and oxygen atoms in total. The molecule has 3 aromatic rings. The average molecular weight is 397 g/mol. The molecule has 2 heterocycles. The number of pyridine rings is 1. The standard InChI is InChI=1S/C23H25ClN2O2/c1-16-8-9-22-18(11-16)12-19(13-25-10-4-6-20(27)15-25)23(28)26(22)14-17-5-2-3-7-21(17)24/h2-3,5,7-9,11-12,20,27H,4,6,10,13-15H2,1H3/t20-/m1/s1. The van der Waals surface area contributed by atoms with Gasteiger partial charge in [0.05, 0.1) is 18.2 Å². The molecule has 28 heavy (non-hydrogen) atoms. The van der Waals surface area contributed by atoms with E-state index in [0.717, 1.165) is 47.0 Å². The second-order valence-corrected chi connectivity index (χ2v) is 8.15. The first-order valence-electron chi connectivity index (χ1n) is 9.78. The van der Waals surface area contributed by atoms with Crippen molar-refractivity contribution in [2.75, 3.05) is 13.1 Å². The number of fused-ring (bicyclic) bond motifs is 1. The van der Waals surface area contributed by atoms with Crippen LogP contribution in [0.2, 0.25) is 5.02 Å². The number of aryl methyl sites for hydroxylation is 1. The highest BCUT2D eigenvalue weighted by Gasteiger charge is 2.20. The number of aliphatic hydroxyl groups is 1. The minimum Gasteiger partial charge on any atom is -0.392 e. The van der Waals surface area contributed by atoms with Crippen molar-refractivity contribution in [1.29, 1.82) is 0 Å². The first-order valence-corrected chi connectivity index (χ1v) is 10.2. The number of piperidine rings is 1. The van der Waals surface area contributed by atoms with Crippen molar-refractivity contribution in [2.45, 2.75) is 39.0 Å². The first kappa shape index (κ1) is 19.2. The molecule has 1 atom stereocenters. The van der Waals surface area contributed by atoms with Crippen LogP contribution in [0.4, 0.5) is 0 Å². The summed E-state index contributed by atoms with van der Waals surface area (Å²) in [5, 5.41) is 11.7. The van der Waals surface area contributed by atoms with Gasteiger partial charge in [-0.3, -0.25) is 9.69 Å². The lowest BCUT2D eigenvalue weighted by atomic mass is 10.1. The number of aliphatic hydroxyl groups excluding tert-OH is 1. The van der Waals surface area contributed by atoms with Crippen LogP contribution in [0.3, 0.4) is 0 Å². The maximum absolute atomic E-state index is 13.4. The van der Waals surface area contributed by atoms with E-state index in [1.165, 1.54) is 0 Å². The summed E-state index contributed by atoms with van der Waals surface area (Å²) in [7, 11) is 0. The summed E-state index contributed by atoms with van der Waals surface area (Å²) < 4.78 is 1.83. The number of likely N-dealkylation sites (tertiary alicyclic amines) is 1. The van der Waals surface area contributed by atoms with Gasteiger partial charge < -0.3 is 9.67 Å². The van der Waals surface area contributed by atoms with E-state index in [1.807, 2.05) is 47.0 Å². The van der Waals surface area contributed by atoms with Crippen LogP contribution in [0, 0.1) is 6.92 Å². The fraction of sp³-hybridized carbons (Fsp3) is 0.348. The Morgan fingerprint density at radius 2 is 1.93 bits per heavy atom. The fourth-order valence-electron chi connectivity index (χ4n) is 4.05. The van der Waals surface area contributed by atoms with Crippen molar-refractivity contribution in [2.24, 2.45) is 0 Å². The minimum absolute atomic E-state index is 0.0105. The van der Waals surface area contributed by atoms with Crippen molar-refractivity contribution in [3.63, 3.8) is 0 Å². The normalized spacial score (nSPS) is 17.9. The zero-order valence-electron chi connectivity index (χ0n) is 16.1. The van der Waals surface area contributed by atoms with Gasteiger partial charge in [0.2, 0.25) is 0 Å². The van der Waals surface area contributed by atoms with E-state index in [0.29, 0.717) is 24.7 Å². The quantitative estimate of drug-likeness (QED) is 0.725. The Kier molecular flexibility index (Phi) is 5.54. The molecular weight excluding hydrogens is 372 g/mol. The number of benzene rings is 2. The lowest BCUT2D eigenvalue weighted by molar-refractivity contribution is 0.0666. The Hall–Kier alpha value is -2.14. The topological polar surface area (TPSA) is 45.5 Å². The maximum Gasteiger partial charge on any atom is 0.255 e. The van der Waals surface area contributed by atoms with Crippen LogP contribution in [-0.4, -0.2) is 33.8 Å². The minimum atomic E-state index is -0.304. The molecule has 0 aliphatic carbocycles. The lowest BCUT2D eigenvalue weighted by Crippen LogP contribution is -2.39. The molecule has 1 saturated heterocycles. The zero-order valence-corrected chi connectivity index (χ0v) is 16.8. The molecule has 0 radical (unpaired) electrons. The number of hydrogen-bond donors (Lipinski definition) is 1. The van der Waals surface area contributed by atoms with Gasteiger partial charge in [-0.2, -0.15) is 0 Å². The molecule has 0 unspecified atom stereocenters. The molecule has 1 aliphatic rings. The third kappa shape index (κ3) is 4.00. The number of hydrogen-bond acceptors (Lipinski definition) is 3. The van der Waals surface area contributed by atoms with Crippen LogP contribution in [0.1, 0.15) is 29.5 Å². The second-order valence-electron chi connectivity index (χ2n) is 7.75. The molecule has 5 heteroatoms. The Morgan fingerprint density at radius 3 is 2.71 bits per heavy atom. The summed E-state index contributed by atoms with van der Waals surface area (Å²) in [6, 6.07) is 15.8. The van der Waals surface area contributed by atoms with E-state index in [-0.39, 0.29) is 11.7 Å². The third-order valence-electron chi connectivity index (χ3n) is 5.48. The van der Waals surface area contributed by atoms with Gasteiger partial charge in [0.15, 0.2) is 0 Å². The monoisotopic (exact) mass is 396 g/mol. The highest BCUT2D eigenvalue weighted by molar-refractivity contribution is 6.31. The molecule has 2 aromatic carbocycles. The summed E-state index contributed by atoms with van der Waals surface area (Å²) in [5.41, 5.74) is 3.78. The van der Waals surface area contributed by atoms with E-state index in [4.69, 9.17) is 11.6 Å². The molecule has 0 spiro atoms. The molecule has 1 aromatic heterocycles. The molecule has 1 N–H and O–H groups in total. The smallest absolute Gasteiger partial charge is 0.255 e. The fourth-order valence-corrected chi connectivity index (χ4v) is 4.25. The van der Waals surface area contributed by atoms with E-state index in [9.17, 15) is 9.90 Å². The highest BCUT2D eigenvalue weighted by Crippen LogP contribution is 2.21. The summed E-state index contributed by atoms with van der Waals surface area (Å²) >= 11 is 6.36. The van der Waals surface area contributed by atoms with Gasteiger partial charge in [0.1, 0.15) is 0 Å². The second kappa shape index (κ2) is 8.08. The molecule has 0 saturated carbocycles. The van der Waals surface area contributed by atoms with Crippen molar-refractivity contribution in [3.8, 4) is 0 Å². The molecule has 4 rings (SSSR count). The molecular formula is C23H25ClN2O2. The predicted octanol–water partition coefficient (Wildman–Crippen LogP) is 3.97. The largest absolute Gasteiger partial charge is 0.392 e. The van der Waals surface area contributed by atoms with Crippen molar-refractivity contribution < 1.29 is 5.11 Å². The summed E-state index contributed by atoms with van der Waals surface area (Å²) in [6.07, 6.45) is 1.49. The zero-order chi connectivity index (χ0) is 19.7. The summed E-state index contributed by atoms with van der Waals surface area (Å²) in [5.74, 6) is 0. The van der Waals surface area contributed by atoms with Crippen LogP contribution < -0.4 is 5.56 Å². The van der Waals surface area contributed by atoms with Crippen LogP contribution in [0.5, 0.6) is 0 Å². The summed E-state index contributed by atoms with van der Waals surface area (Å²) in [6.45, 7) is 4.59. The number of β-amino-alcohol motifs (C(OH)–C–C–N with tert-alkyl or cyclic N) is 1. The van der Waals surface area contributed by atoms with Gasteiger partial charge in [0, 0.05) is 23.7 Å². The van der Waals surface area contributed by atoms with Crippen LogP contribution in [0.15, 0.2) is 53.3 Å². The van der Waals surface area contributed by atoms with E-state index >= 15 is 0 Å². The van der Waals surface area contributed by atoms with Crippen LogP contribution in [-0.2, 0) is 13.1 Å². The maximum atomic E-state index is 13.4. The number of aromatic nitrogens is 1. The number of rotatable bonds is 4. The van der Waals surface area contributed by atoms with Crippen molar-refractivity contribution in [3.05, 3.63) is 80.6 Å². The summed E-state index contributed by atoms with van der Waals surface area (Å²) in [4.78, 5) is 15.5. The average Bonchev–Trinajstić information content (AvgIpc) is 2.66. The predicted molar refractivity (Wildman–Crippen MR) is 114 cm³/mol. The van der Waals surface area contributed by atoms with E-state index in [2.05, 4.69) is 17.9 Å². The Labute approximate surface area is 170 Å². The SMILES string of the molecule is Cc1ccc2c(c1)cc(CN1CCC[C@@H](O)C1)c(=O)n2Cc1ccccc1Cl. The molecule has 146 valence electrons. The van der Waals surface area contributed by atoms with Crippen LogP contribution >= 0.6 is 11.6 Å². The Bertz CT molecular complexity index is 1060. The molecule has 1 aliphatic heterocycles. The Balaban J connectivity index is 1.79. The molecule has 0 bridgehead atoms. The van der Waals surface area contributed by atoms with E-state index in [1.54, 1.807) is 0 Å². The van der Waals surface area contributed by atoms with Crippen molar-refractivity contribution in [1.82, 2.24) is 9.47 Å².